The number of piperidine rings is 1. The summed E-state index contributed by atoms with van der Waals surface area (Å²) in [5.74, 6) is -4.61. The topological polar surface area (TPSA) is 76.6 Å². The minimum Gasteiger partial charge on any atom is -0.480 e. The van der Waals surface area contributed by atoms with Gasteiger partial charge in [0.05, 0.1) is 19.7 Å². The maximum Gasteiger partial charge on any atom is 0.423 e. The maximum atomic E-state index is 14.2. The number of benzene rings is 1. The number of carbonyl (C=O) groups is 1. The van der Waals surface area contributed by atoms with Crippen LogP contribution in [0.1, 0.15) is 24.5 Å². The van der Waals surface area contributed by atoms with Crippen LogP contribution in [0.5, 0.6) is 5.88 Å². The first-order chi connectivity index (χ1) is 15.5. The maximum absolute atomic E-state index is 14.2. The van der Waals surface area contributed by atoms with Crippen LogP contribution < -0.4 is 10.1 Å². The van der Waals surface area contributed by atoms with Gasteiger partial charge in [0.2, 0.25) is 11.8 Å². The number of hydrogen-bond acceptors (Lipinski definition) is 6. The van der Waals surface area contributed by atoms with Gasteiger partial charge in [-0.3, -0.25) is 4.90 Å². The van der Waals surface area contributed by atoms with Crippen molar-refractivity contribution in [1.82, 2.24) is 14.9 Å². The normalized spacial score (nSPS) is 20.3. The fourth-order valence-electron chi connectivity index (χ4n) is 3.66. The van der Waals surface area contributed by atoms with Gasteiger partial charge in [-0.15, -0.1) is 0 Å². The monoisotopic (exact) mass is 474 g/mol. The van der Waals surface area contributed by atoms with E-state index in [1.807, 2.05) is 0 Å². The Kier molecular flexibility index (Phi) is 7.23. The molecule has 2 heterocycles. The second-order valence-electron chi connectivity index (χ2n) is 7.77. The quantitative estimate of drug-likeness (QED) is 0.617. The smallest absolute Gasteiger partial charge is 0.423 e. The summed E-state index contributed by atoms with van der Waals surface area (Å²) in [7, 11) is 1.04. The van der Waals surface area contributed by atoms with Crippen molar-refractivity contribution in [3.05, 3.63) is 47.7 Å². The van der Waals surface area contributed by atoms with Gasteiger partial charge >= 0.3 is 12.3 Å². The van der Waals surface area contributed by atoms with Gasteiger partial charge in [-0.2, -0.15) is 18.2 Å². The Hall–Kier alpha value is -3.18. The molecule has 180 valence electrons. The molecule has 1 aromatic carbocycles. The molecule has 1 amide bonds. The van der Waals surface area contributed by atoms with Crippen molar-refractivity contribution in [3.8, 4) is 5.88 Å². The number of methoxy groups -OCH3 is 1. The van der Waals surface area contributed by atoms with Crippen molar-refractivity contribution in [2.45, 2.75) is 38.1 Å². The molecule has 0 saturated carbocycles. The van der Waals surface area contributed by atoms with Gasteiger partial charge in [-0.05, 0) is 11.5 Å². The standard InChI is InChI=1S/C21H23F5N4O3/c1-13-8-20(22,23)12-30(19(31)33-11-14-6-4-3-5-7-14)16(13)10-28-18-27-9-15(21(24,25)26)17(29-18)32-2/h3-7,9,13,16H,8,10-12H2,1-2H3,(H,27,28,29)/t13-,16-/m1/s1. The van der Waals surface area contributed by atoms with Gasteiger partial charge in [-0.25, -0.2) is 18.6 Å². The molecule has 1 N–H and O–H groups in total. The van der Waals surface area contributed by atoms with Crippen LogP contribution in [0.25, 0.3) is 0 Å². The van der Waals surface area contributed by atoms with Crippen molar-refractivity contribution in [3.63, 3.8) is 0 Å². The third-order valence-electron chi connectivity index (χ3n) is 5.24. The molecule has 2 aromatic rings. The summed E-state index contributed by atoms with van der Waals surface area (Å²) < 4.78 is 77.3. The molecule has 0 bridgehead atoms. The van der Waals surface area contributed by atoms with Crippen molar-refractivity contribution in [1.29, 1.82) is 0 Å². The highest BCUT2D eigenvalue weighted by Gasteiger charge is 2.46. The van der Waals surface area contributed by atoms with E-state index in [4.69, 9.17) is 9.47 Å². The van der Waals surface area contributed by atoms with Crippen LogP contribution in [0.3, 0.4) is 0 Å². The second-order valence-corrected chi connectivity index (χ2v) is 7.77. The fourth-order valence-corrected chi connectivity index (χ4v) is 3.66. The molecule has 33 heavy (non-hydrogen) atoms. The molecule has 0 unspecified atom stereocenters. The number of halogens is 5. The number of hydrogen-bond donors (Lipinski definition) is 1. The summed E-state index contributed by atoms with van der Waals surface area (Å²) in [6.07, 6.45) is -5.51. The van der Waals surface area contributed by atoms with E-state index in [9.17, 15) is 26.7 Å². The zero-order valence-corrected chi connectivity index (χ0v) is 17.9. The first-order valence-corrected chi connectivity index (χ1v) is 10.1. The average Bonchev–Trinajstić information content (AvgIpc) is 2.75. The first-order valence-electron chi connectivity index (χ1n) is 10.1. The van der Waals surface area contributed by atoms with Crippen molar-refractivity contribution in [2.24, 2.45) is 5.92 Å². The van der Waals surface area contributed by atoms with E-state index in [2.05, 4.69) is 15.3 Å². The Morgan fingerprint density at radius 3 is 2.61 bits per heavy atom. The number of rotatable bonds is 6. The number of aromatic nitrogens is 2. The highest BCUT2D eigenvalue weighted by atomic mass is 19.4. The number of alkyl halides is 5. The minimum absolute atomic E-state index is 0.0772. The highest BCUT2D eigenvalue weighted by molar-refractivity contribution is 5.68. The van der Waals surface area contributed by atoms with Crippen molar-refractivity contribution in [2.75, 3.05) is 25.5 Å². The SMILES string of the molecule is COc1nc(NC[C@@H]2[C@H](C)CC(F)(F)CN2C(=O)OCc2ccccc2)ncc1C(F)(F)F. The summed E-state index contributed by atoms with van der Waals surface area (Å²) in [6, 6.07) is 8.03. The largest absolute Gasteiger partial charge is 0.480 e. The van der Waals surface area contributed by atoms with E-state index in [1.165, 1.54) is 0 Å². The third-order valence-corrected chi connectivity index (χ3v) is 5.24. The number of anilines is 1. The molecule has 0 spiro atoms. The van der Waals surface area contributed by atoms with E-state index in [1.54, 1.807) is 37.3 Å². The molecular formula is C21H23F5N4O3. The Labute approximate surface area is 186 Å². The van der Waals surface area contributed by atoms with Crippen molar-refractivity contribution >= 4 is 12.0 Å². The van der Waals surface area contributed by atoms with Crippen molar-refractivity contribution < 1.29 is 36.2 Å². The summed E-state index contributed by atoms with van der Waals surface area (Å²) in [6.45, 7) is 0.557. The van der Waals surface area contributed by atoms with Gasteiger partial charge < -0.3 is 14.8 Å². The number of carbonyl (C=O) groups excluding carboxylic acids is 1. The lowest BCUT2D eigenvalue weighted by atomic mass is 9.89. The lowest BCUT2D eigenvalue weighted by Gasteiger charge is -2.42. The Balaban J connectivity index is 1.72. The Bertz CT molecular complexity index is 959. The molecule has 3 rings (SSSR count). The van der Waals surface area contributed by atoms with Gasteiger partial charge in [0.1, 0.15) is 12.2 Å². The summed E-state index contributed by atoms with van der Waals surface area (Å²) in [4.78, 5) is 20.9. The van der Waals surface area contributed by atoms with Crippen LogP contribution in [0.4, 0.5) is 32.7 Å². The molecule has 1 aromatic heterocycles. The third kappa shape index (κ3) is 6.20. The highest BCUT2D eigenvalue weighted by Crippen LogP contribution is 2.36. The number of amides is 1. The van der Waals surface area contributed by atoms with Crippen LogP contribution in [-0.4, -0.2) is 53.1 Å². The summed E-state index contributed by atoms with van der Waals surface area (Å²) in [5.41, 5.74) is -0.449. The van der Waals surface area contributed by atoms with Gasteiger partial charge in [0.25, 0.3) is 5.92 Å². The second kappa shape index (κ2) is 9.75. The molecule has 0 radical (unpaired) electrons. The molecule has 7 nitrogen and oxygen atoms in total. The summed E-state index contributed by atoms with van der Waals surface area (Å²) in [5, 5.41) is 2.72. The Morgan fingerprint density at radius 2 is 1.97 bits per heavy atom. The van der Waals surface area contributed by atoms with E-state index in [0.717, 1.165) is 12.0 Å². The predicted molar refractivity (Wildman–Crippen MR) is 108 cm³/mol. The van der Waals surface area contributed by atoms with Crippen LogP contribution in [-0.2, 0) is 17.5 Å². The molecular weight excluding hydrogens is 451 g/mol. The number of likely N-dealkylation sites (tertiary alicyclic amines) is 1. The van der Waals surface area contributed by atoms with Crippen LogP contribution in [0, 0.1) is 5.92 Å². The van der Waals surface area contributed by atoms with Gasteiger partial charge in [0, 0.05) is 19.2 Å². The zero-order chi connectivity index (χ0) is 24.2. The van der Waals surface area contributed by atoms with E-state index < -0.39 is 54.6 Å². The molecule has 1 aliphatic rings. The lowest BCUT2D eigenvalue weighted by Crippen LogP contribution is -2.57. The fraction of sp³-hybridized carbons (Fsp3) is 0.476. The van der Waals surface area contributed by atoms with Crippen LogP contribution in [0.2, 0.25) is 0 Å². The number of ether oxygens (including phenoxy) is 2. The van der Waals surface area contributed by atoms with Crippen LogP contribution >= 0.6 is 0 Å². The molecule has 1 fully saturated rings. The van der Waals surface area contributed by atoms with E-state index >= 15 is 0 Å². The molecule has 1 aliphatic heterocycles. The Morgan fingerprint density at radius 1 is 1.27 bits per heavy atom. The average molecular weight is 474 g/mol. The van der Waals surface area contributed by atoms with Gasteiger partial charge in [0.15, 0.2) is 0 Å². The predicted octanol–water partition coefficient (Wildman–Crippen LogP) is 4.60. The van der Waals surface area contributed by atoms with Gasteiger partial charge in [-0.1, -0.05) is 37.3 Å². The molecule has 12 heteroatoms. The molecule has 0 aliphatic carbocycles. The number of nitrogens with zero attached hydrogens (tertiary/aromatic N) is 3. The van der Waals surface area contributed by atoms with E-state index in [-0.39, 0.29) is 19.1 Å². The lowest BCUT2D eigenvalue weighted by molar-refractivity contribution is -0.139. The number of nitrogens with one attached hydrogen (secondary N) is 1. The summed E-state index contributed by atoms with van der Waals surface area (Å²) >= 11 is 0. The molecule has 2 atom stereocenters. The minimum atomic E-state index is -4.70. The zero-order valence-electron chi connectivity index (χ0n) is 17.9. The molecule has 1 saturated heterocycles. The van der Waals surface area contributed by atoms with E-state index in [0.29, 0.717) is 11.8 Å². The first kappa shape index (κ1) is 24.5. The van der Waals surface area contributed by atoms with Crippen LogP contribution in [0.15, 0.2) is 36.5 Å².